The predicted octanol–water partition coefficient (Wildman–Crippen LogP) is 2.50. The Hall–Kier alpha value is -2.43. The molecular formula is C25H36N6O3S. The first kappa shape index (κ1) is 24.3. The minimum atomic E-state index is -1.11. The number of fused-ring (bicyclic) bond motifs is 3. The number of aliphatic hydroxyl groups excluding tert-OH is 1. The third-order valence-electron chi connectivity index (χ3n) is 7.32. The fourth-order valence-electron chi connectivity index (χ4n) is 5.13. The minimum Gasteiger partial charge on any atom is -0.491 e. The highest BCUT2D eigenvalue weighted by atomic mass is 32.2. The molecule has 190 valence electrons. The van der Waals surface area contributed by atoms with Crippen LogP contribution in [-0.2, 0) is 10.8 Å². The van der Waals surface area contributed by atoms with Gasteiger partial charge >= 0.3 is 0 Å². The van der Waals surface area contributed by atoms with Gasteiger partial charge in [-0.3, -0.25) is 9.11 Å². The van der Waals surface area contributed by atoms with Crippen molar-refractivity contribution >= 4 is 16.5 Å². The summed E-state index contributed by atoms with van der Waals surface area (Å²) in [4.78, 5) is 9.86. The van der Waals surface area contributed by atoms with E-state index in [0.717, 1.165) is 60.2 Å². The summed E-state index contributed by atoms with van der Waals surface area (Å²) in [7, 11) is -1.11. The zero-order chi connectivity index (χ0) is 24.7. The molecule has 35 heavy (non-hydrogen) atoms. The summed E-state index contributed by atoms with van der Waals surface area (Å²) in [6.45, 7) is 11.4. The fraction of sp³-hybridized carbons (Fsp3) is 0.600. The molecule has 2 unspecified atom stereocenters. The fourth-order valence-corrected chi connectivity index (χ4v) is 6.60. The van der Waals surface area contributed by atoms with Gasteiger partial charge in [0.25, 0.3) is 0 Å². The molecule has 3 aliphatic heterocycles. The van der Waals surface area contributed by atoms with Gasteiger partial charge in [-0.2, -0.15) is 5.10 Å². The van der Waals surface area contributed by atoms with Gasteiger partial charge in [0.15, 0.2) is 5.82 Å². The Kier molecular flexibility index (Phi) is 6.63. The molecule has 9 nitrogen and oxygen atoms in total. The molecule has 0 aliphatic carbocycles. The van der Waals surface area contributed by atoms with Crippen LogP contribution in [0.1, 0.15) is 64.1 Å². The number of ether oxygens (including phenoxy) is 1. The SMILES string of the molecule is CC(C)n1ncnc1C1=CN2CCOc3ccc(S(=O)C4CCN(C(C)(C)CO)CC4)cc3C2N1. The number of hydrogen-bond acceptors (Lipinski definition) is 8. The number of likely N-dealkylation sites (tertiary alicyclic amines) is 1. The van der Waals surface area contributed by atoms with Crippen molar-refractivity contribution in [2.24, 2.45) is 0 Å². The summed E-state index contributed by atoms with van der Waals surface area (Å²) >= 11 is 0. The van der Waals surface area contributed by atoms with Crippen molar-refractivity contribution in [1.29, 1.82) is 0 Å². The first-order chi connectivity index (χ1) is 16.8. The van der Waals surface area contributed by atoms with Crippen molar-refractivity contribution in [3.8, 4) is 5.75 Å². The van der Waals surface area contributed by atoms with Gasteiger partial charge in [0, 0.05) is 33.5 Å². The van der Waals surface area contributed by atoms with Crippen LogP contribution < -0.4 is 10.1 Å². The Bertz CT molecular complexity index is 1120. The van der Waals surface area contributed by atoms with Crippen molar-refractivity contribution in [1.82, 2.24) is 29.9 Å². The van der Waals surface area contributed by atoms with Gasteiger partial charge < -0.3 is 20.1 Å². The molecule has 1 fully saturated rings. The molecule has 0 radical (unpaired) electrons. The lowest BCUT2D eigenvalue weighted by atomic mass is 9.99. The Balaban J connectivity index is 1.35. The van der Waals surface area contributed by atoms with Gasteiger partial charge in [-0.15, -0.1) is 0 Å². The maximum absolute atomic E-state index is 13.6. The van der Waals surface area contributed by atoms with E-state index in [1.807, 2.05) is 16.8 Å². The normalized spacial score (nSPS) is 22.2. The molecule has 1 aromatic heterocycles. The minimum absolute atomic E-state index is 0.107. The highest BCUT2D eigenvalue weighted by Crippen LogP contribution is 2.38. The molecule has 10 heteroatoms. The third-order valence-corrected chi connectivity index (χ3v) is 9.12. The van der Waals surface area contributed by atoms with Crippen LogP contribution in [0.15, 0.2) is 35.6 Å². The summed E-state index contributed by atoms with van der Waals surface area (Å²) in [5, 5.41) is 17.8. The van der Waals surface area contributed by atoms with E-state index in [1.165, 1.54) is 0 Å². The monoisotopic (exact) mass is 500 g/mol. The second kappa shape index (κ2) is 9.55. The van der Waals surface area contributed by atoms with Gasteiger partial charge in [-0.1, -0.05) is 0 Å². The van der Waals surface area contributed by atoms with E-state index in [0.29, 0.717) is 6.61 Å². The smallest absolute Gasteiger partial charge is 0.176 e. The number of aliphatic hydroxyl groups is 1. The molecule has 0 saturated carbocycles. The van der Waals surface area contributed by atoms with Crippen molar-refractivity contribution in [3.63, 3.8) is 0 Å². The van der Waals surface area contributed by atoms with Gasteiger partial charge in [0.1, 0.15) is 24.8 Å². The number of hydrogen-bond donors (Lipinski definition) is 2. The Morgan fingerprint density at radius 3 is 2.74 bits per heavy atom. The van der Waals surface area contributed by atoms with Crippen LogP contribution in [-0.4, -0.2) is 77.5 Å². The van der Waals surface area contributed by atoms with Crippen LogP contribution in [0, 0.1) is 0 Å². The number of piperidine rings is 1. The highest BCUT2D eigenvalue weighted by molar-refractivity contribution is 7.85. The number of benzene rings is 1. The van der Waals surface area contributed by atoms with E-state index in [9.17, 15) is 9.32 Å². The zero-order valence-electron chi connectivity index (χ0n) is 21.0. The number of nitrogens with zero attached hydrogens (tertiary/aromatic N) is 5. The lowest BCUT2D eigenvalue weighted by molar-refractivity contribution is 0.0434. The number of rotatable bonds is 6. The van der Waals surface area contributed by atoms with Crippen molar-refractivity contribution in [2.45, 2.75) is 68.4 Å². The van der Waals surface area contributed by atoms with Crippen LogP contribution in [0.3, 0.4) is 0 Å². The van der Waals surface area contributed by atoms with E-state index in [4.69, 9.17) is 4.74 Å². The van der Waals surface area contributed by atoms with E-state index in [1.54, 1.807) is 6.33 Å². The topological polar surface area (TPSA) is 95.8 Å². The van der Waals surface area contributed by atoms with Crippen molar-refractivity contribution < 1.29 is 14.1 Å². The molecule has 1 saturated heterocycles. The molecule has 2 atom stereocenters. The maximum atomic E-state index is 13.6. The van der Waals surface area contributed by atoms with Gasteiger partial charge in [-0.05, 0) is 71.8 Å². The van der Waals surface area contributed by atoms with Crippen LogP contribution in [0.25, 0.3) is 5.70 Å². The molecule has 3 aliphatic rings. The number of nitrogens with one attached hydrogen (secondary N) is 1. The van der Waals surface area contributed by atoms with Gasteiger partial charge in [0.05, 0.1) is 29.6 Å². The quantitative estimate of drug-likeness (QED) is 0.625. The molecular weight excluding hydrogens is 464 g/mol. The average Bonchev–Trinajstić information content (AvgIpc) is 3.48. The van der Waals surface area contributed by atoms with E-state index in [-0.39, 0.29) is 29.6 Å². The Labute approximate surface area is 209 Å². The lowest BCUT2D eigenvalue weighted by Crippen LogP contribution is -2.51. The molecule has 1 aromatic carbocycles. The zero-order valence-corrected chi connectivity index (χ0v) is 21.8. The number of aromatic nitrogens is 3. The molecule has 2 aromatic rings. The Morgan fingerprint density at radius 2 is 2.03 bits per heavy atom. The molecule has 0 bridgehead atoms. The highest BCUT2D eigenvalue weighted by Gasteiger charge is 2.35. The lowest BCUT2D eigenvalue weighted by Gasteiger charge is -2.41. The molecule has 4 heterocycles. The van der Waals surface area contributed by atoms with Crippen LogP contribution >= 0.6 is 0 Å². The van der Waals surface area contributed by atoms with Crippen LogP contribution in [0.2, 0.25) is 0 Å². The van der Waals surface area contributed by atoms with E-state index < -0.39 is 10.8 Å². The largest absolute Gasteiger partial charge is 0.491 e. The Morgan fingerprint density at radius 1 is 1.26 bits per heavy atom. The third kappa shape index (κ3) is 4.59. The predicted molar refractivity (Wildman–Crippen MR) is 135 cm³/mol. The van der Waals surface area contributed by atoms with Gasteiger partial charge in [0.2, 0.25) is 0 Å². The van der Waals surface area contributed by atoms with E-state index in [2.05, 4.69) is 65.2 Å². The second-order valence-electron chi connectivity index (χ2n) is 10.5. The summed E-state index contributed by atoms with van der Waals surface area (Å²) in [5.74, 6) is 1.64. The van der Waals surface area contributed by atoms with Gasteiger partial charge in [-0.25, -0.2) is 9.67 Å². The standard InChI is InChI=1S/C25H36N6O3S/c1-17(2)31-24(26-16-27-31)21-14-29-11-12-34-22-6-5-19(13-20(22)23(29)28-21)35(33)18-7-9-30(10-8-18)25(3,4)15-32/h5-6,13-14,16-18,23,28,32H,7-12,15H2,1-4H3. The second-order valence-corrected chi connectivity index (χ2v) is 12.2. The molecule has 0 amide bonds. The van der Waals surface area contributed by atoms with Crippen molar-refractivity contribution in [3.05, 3.63) is 42.1 Å². The maximum Gasteiger partial charge on any atom is 0.176 e. The summed E-state index contributed by atoms with van der Waals surface area (Å²) in [6, 6.07) is 6.17. The van der Waals surface area contributed by atoms with Crippen LogP contribution in [0.5, 0.6) is 5.75 Å². The average molecular weight is 501 g/mol. The molecule has 5 rings (SSSR count). The first-order valence-electron chi connectivity index (χ1n) is 12.5. The summed E-state index contributed by atoms with van der Waals surface area (Å²) in [5.41, 5.74) is 1.68. The summed E-state index contributed by atoms with van der Waals surface area (Å²) in [6.07, 6.45) is 5.28. The molecule has 2 N–H and O–H groups in total. The van der Waals surface area contributed by atoms with Crippen molar-refractivity contribution in [2.75, 3.05) is 32.8 Å². The van der Waals surface area contributed by atoms with E-state index >= 15 is 0 Å². The molecule has 0 spiro atoms. The first-order valence-corrected chi connectivity index (χ1v) is 13.7. The summed E-state index contributed by atoms with van der Waals surface area (Å²) < 4.78 is 21.6. The van der Waals surface area contributed by atoms with Crippen LogP contribution in [0.4, 0.5) is 0 Å².